The van der Waals surface area contributed by atoms with Crippen LogP contribution in [0.4, 0.5) is 5.95 Å². The highest BCUT2D eigenvalue weighted by atomic mass is 35.5. The van der Waals surface area contributed by atoms with Gasteiger partial charge in [-0.1, -0.05) is 111 Å². The number of aromatic amines is 1. The van der Waals surface area contributed by atoms with E-state index in [2.05, 4.69) is 24.1 Å². The molecule has 0 radical (unpaired) electrons. The fourth-order valence-corrected chi connectivity index (χ4v) is 6.54. The van der Waals surface area contributed by atoms with Crippen LogP contribution < -0.4 is 15.6 Å². The summed E-state index contributed by atoms with van der Waals surface area (Å²) in [4.78, 5) is 47.0. The fourth-order valence-electron chi connectivity index (χ4n) is 6.28. The summed E-state index contributed by atoms with van der Waals surface area (Å²) in [6.45, 7) is 4.33. The van der Waals surface area contributed by atoms with E-state index >= 15 is 0 Å². The third kappa shape index (κ3) is 7.77. The van der Waals surface area contributed by atoms with Crippen LogP contribution in [-0.4, -0.2) is 32.4 Å². The Morgan fingerprint density at radius 3 is 2.38 bits per heavy atom. The molecule has 5 aromatic rings. The molecule has 0 aliphatic heterocycles. The number of para-hydroxylation sites is 1. The molecule has 3 N–H and O–H groups in total. The Kier molecular flexibility index (Phi) is 11.3. The molecule has 5 rings (SSSR count). The van der Waals surface area contributed by atoms with Crippen molar-refractivity contribution in [3.8, 4) is 5.75 Å². The number of carbonyl (C=O) groups is 2. The second-order valence-electron chi connectivity index (χ2n) is 12.0. The Morgan fingerprint density at radius 1 is 0.938 bits per heavy atom. The molecule has 2 atom stereocenters. The van der Waals surface area contributed by atoms with Crippen LogP contribution in [0.15, 0.2) is 102 Å². The van der Waals surface area contributed by atoms with Crippen molar-refractivity contribution < 1.29 is 19.4 Å². The lowest BCUT2D eigenvalue weighted by Crippen LogP contribution is -2.54. The number of nitrogens with one attached hydrogen (secondary N) is 2. The van der Waals surface area contributed by atoms with Gasteiger partial charge < -0.3 is 15.2 Å². The molecule has 0 aliphatic carbocycles. The number of nitrogens with zero attached hydrogens (tertiary/aromatic N) is 1. The Bertz CT molecular complexity index is 1930. The van der Waals surface area contributed by atoms with Crippen LogP contribution in [0.25, 0.3) is 10.9 Å². The second kappa shape index (κ2) is 15.8. The summed E-state index contributed by atoms with van der Waals surface area (Å²) in [5.74, 6) is -0.397. The van der Waals surface area contributed by atoms with E-state index < -0.39 is 11.5 Å². The number of anilines is 1. The number of halogens is 1. The van der Waals surface area contributed by atoms with E-state index in [9.17, 15) is 19.5 Å². The lowest BCUT2D eigenvalue weighted by molar-refractivity contribution is 0.0696. The van der Waals surface area contributed by atoms with E-state index in [0.717, 1.165) is 31.2 Å². The van der Waals surface area contributed by atoms with Gasteiger partial charge in [-0.05, 0) is 61.1 Å². The van der Waals surface area contributed by atoms with Gasteiger partial charge in [-0.25, -0.2) is 9.78 Å². The van der Waals surface area contributed by atoms with Crippen molar-refractivity contribution in [3.05, 3.63) is 135 Å². The molecular formula is C39H40ClN3O5. The first-order chi connectivity index (χ1) is 23.3. The molecule has 1 heterocycles. The molecule has 48 heavy (non-hydrogen) atoms. The lowest BCUT2D eigenvalue weighted by atomic mass is 9.70. The predicted molar refractivity (Wildman–Crippen MR) is 190 cm³/mol. The average molecular weight is 666 g/mol. The number of hydrogen-bond donors (Lipinski definition) is 3. The molecule has 2 unspecified atom stereocenters. The van der Waals surface area contributed by atoms with Gasteiger partial charge in [0.2, 0.25) is 5.95 Å². The van der Waals surface area contributed by atoms with Crippen molar-refractivity contribution in [3.63, 3.8) is 0 Å². The van der Waals surface area contributed by atoms with Crippen LogP contribution in [0.2, 0.25) is 5.02 Å². The normalized spacial score (nSPS) is 13.1. The second-order valence-corrected chi connectivity index (χ2v) is 12.4. The maximum Gasteiger partial charge on any atom is 0.337 e. The SMILES string of the molecule is CCCCC(Nc1nc2ccccc2c(=O)[nH]1)(C(=O)c1ccccc1)C(CCC)Cc1ccc(OCc2cccc(C(=O)O)c2Cl)cc1. The number of carboxylic acids is 1. The topological polar surface area (TPSA) is 121 Å². The highest BCUT2D eigenvalue weighted by Gasteiger charge is 2.45. The third-order valence-corrected chi connectivity index (χ3v) is 9.21. The molecule has 4 aromatic carbocycles. The van der Waals surface area contributed by atoms with Gasteiger partial charge in [0.15, 0.2) is 5.78 Å². The lowest BCUT2D eigenvalue weighted by Gasteiger charge is -2.41. The first-order valence-electron chi connectivity index (χ1n) is 16.3. The molecular weight excluding hydrogens is 626 g/mol. The number of fused-ring (bicyclic) bond motifs is 1. The molecule has 248 valence electrons. The van der Waals surface area contributed by atoms with E-state index in [-0.39, 0.29) is 40.4 Å². The summed E-state index contributed by atoms with van der Waals surface area (Å²) >= 11 is 6.31. The number of benzene rings is 4. The van der Waals surface area contributed by atoms with E-state index in [0.29, 0.717) is 40.6 Å². The molecule has 0 aliphatic rings. The van der Waals surface area contributed by atoms with E-state index in [4.69, 9.17) is 21.3 Å². The number of hydrogen-bond acceptors (Lipinski definition) is 6. The maximum atomic E-state index is 14.7. The van der Waals surface area contributed by atoms with Crippen LogP contribution in [0.5, 0.6) is 5.75 Å². The van der Waals surface area contributed by atoms with Crippen molar-refractivity contribution in [2.24, 2.45) is 5.92 Å². The number of carboxylic acid groups (broad SMARTS) is 1. The number of Topliss-reactive ketones (excluding diaryl/α,β-unsaturated/α-hetero) is 1. The van der Waals surface area contributed by atoms with Crippen LogP contribution in [-0.2, 0) is 13.0 Å². The minimum Gasteiger partial charge on any atom is -0.489 e. The van der Waals surface area contributed by atoms with Crippen molar-refractivity contribution in [2.45, 2.75) is 64.5 Å². The van der Waals surface area contributed by atoms with Gasteiger partial charge in [0.1, 0.15) is 17.9 Å². The largest absolute Gasteiger partial charge is 0.489 e. The number of unbranched alkanes of at least 4 members (excludes halogenated alkanes) is 1. The number of carbonyl (C=O) groups excluding carboxylic acids is 1. The number of H-pyrrole nitrogens is 1. The van der Waals surface area contributed by atoms with E-state index in [1.165, 1.54) is 6.07 Å². The first kappa shape index (κ1) is 34.4. The van der Waals surface area contributed by atoms with Gasteiger partial charge in [0, 0.05) is 11.1 Å². The van der Waals surface area contributed by atoms with Crippen molar-refractivity contribution in [1.82, 2.24) is 9.97 Å². The highest BCUT2D eigenvalue weighted by molar-refractivity contribution is 6.34. The molecule has 9 heteroatoms. The van der Waals surface area contributed by atoms with Crippen LogP contribution in [0.3, 0.4) is 0 Å². The zero-order chi connectivity index (χ0) is 34.1. The Labute approximate surface area is 285 Å². The standard InChI is InChI=1S/C39H40ClN3O5/c1-3-5-23-39(35(44)27-13-7-6-8-14-27,43-38-41-33-18-10-9-16-31(33)36(45)42-38)29(12-4-2)24-26-19-21-30(22-20-26)48-25-28-15-11-17-32(34(28)40)37(46)47/h6-11,13-22,29H,3-5,12,23-25H2,1-2H3,(H,46,47)(H2,41,42,43,45). The van der Waals surface area contributed by atoms with Crippen LogP contribution >= 0.6 is 11.6 Å². The smallest absolute Gasteiger partial charge is 0.337 e. The van der Waals surface area contributed by atoms with E-state index in [1.54, 1.807) is 30.3 Å². The third-order valence-electron chi connectivity index (χ3n) is 8.76. The zero-order valence-electron chi connectivity index (χ0n) is 27.2. The highest BCUT2D eigenvalue weighted by Crippen LogP contribution is 2.37. The number of ether oxygens (including phenoxy) is 1. The number of aromatic nitrogens is 2. The van der Waals surface area contributed by atoms with Gasteiger partial charge in [0.25, 0.3) is 5.56 Å². The number of ketones is 1. The predicted octanol–water partition coefficient (Wildman–Crippen LogP) is 8.74. The number of aromatic carboxylic acids is 1. The summed E-state index contributed by atoms with van der Waals surface area (Å²) in [7, 11) is 0. The Hall–Kier alpha value is -4.95. The summed E-state index contributed by atoms with van der Waals surface area (Å²) in [5.41, 5.74) is 1.46. The zero-order valence-corrected chi connectivity index (χ0v) is 27.9. The van der Waals surface area contributed by atoms with Gasteiger partial charge >= 0.3 is 5.97 Å². The molecule has 0 saturated carbocycles. The molecule has 1 aromatic heterocycles. The molecule has 0 spiro atoms. The van der Waals surface area contributed by atoms with Gasteiger partial charge in [-0.15, -0.1) is 0 Å². The van der Waals surface area contributed by atoms with Crippen LogP contribution in [0.1, 0.15) is 77.8 Å². The molecule has 0 bridgehead atoms. The molecule has 0 saturated heterocycles. The summed E-state index contributed by atoms with van der Waals surface area (Å²) in [6.07, 6.45) is 4.42. The number of rotatable bonds is 16. The monoisotopic (exact) mass is 665 g/mol. The van der Waals surface area contributed by atoms with Gasteiger partial charge in [-0.3, -0.25) is 14.6 Å². The van der Waals surface area contributed by atoms with Gasteiger partial charge in [-0.2, -0.15) is 0 Å². The quantitative estimate of drug-likeness (QED) is 0.0901. The van der Waals surface area contributed by atoms with Crippen LogP contribution in [0, 0.1) is 5.92 Å². The van der Waals surface area contributed by atoms with Crippen molar-refractivity contribution >= 4 is 40.2 Å². The molecule has 0 amide bonds. The maximum absolute atomic E-state index is 14.7. The summed E-state index contributed by atoms with van der Waals surface area (Å²) in [6, 6.07) is 29.0. The minimum atomic E-state index is -1.09. The van der Waals surface area contributed by atoms with Gasteiger partial charge in [0.05, 0.1) is 21.5 Å². The van der Waals surface area contributed by atoms with Crippen molar-refractivity contribution in [2.75, 3.05) is 5.32 Å². The summed E-state index contributed by atoms with van der Waals surface area (Å²) in [5, 5.41) is 13.6. The average Bonchev–Trinajstić information content (AvgIpc) is 3.10. The molecule has 0 fully saturated rings. The summed E-state index contributed by atoms with van der Waals surface area (Å²) < 4.78 is 5.97. The Morgan fingerprint density at radius 2 is 1.67 bits per heavy atom. The minimum absolute atomic E-state index is 0.0308. The first-order valence-corrected chi connectivity index (χ1v) is 16.7. The molecule has 8 nitrogen and oxygen atoms in total. The van der Waals surface area contributed by atoms with Crippen molar-refractivity contribution in [1.29, 1.82) is 0 Å². The van der Waals surface area contributed by atoms with E-state index in [1.807, 2.05) is 60.7 Å². The fraction of sp³-hybridized carbons (Fsp3) is 0.282. The Balaban J connectivity index is 1.48.